The summed E-state index contributed by atoms with van der Waals surface area (Å²) in [6.45, 7) is 2.22. The summed E-state index contributed by atoms with van der Waals surface area (Å²) in [5.74, 6) is -0.394. The van der Waals surface area contributed by atoms with Gasteiger partial charge in [-0.2, -0.15) is 15.1 Å². The number of carbonyl (C=O) groups excluding carboxylic acids is 1. The van der Waals surface area contributed by atoms with Crippen molar-refractivity contribution in [3.8, 4) is 5.75 Å². The van der Waals surface area contributed by atoms with Gasteiger partial charge in [0.05, 0.1) is 5.57 Å². The van der Waals surface area contributed by atoms with Gasteiger partial charge in [0.15, 0.2) is 5.84 Å². The summed E-state index contributed by atoms with van der Waals surface area (Å²) in [7, 11) is 0. The van der Waals surface area contributed by atoms with Crippen molar-refractivity contribution in [2.24, 2.45) is 10.1 Å². The number of hydrogen-bond donors (Lipinski definition) is 1. The average molecular weight is 557 g/mol. The summed E-state index contributed by atoms with van der Waals surface area (Å²) in [6, 6.07) is 11.7. The van der Waals surface area contributed by atoms with E-state index in [-0.39, 0.29) is 23.8 Å². The highest BCUT2D eigenvalue weighted by Crippen LogP contribution is 2.32. The minimum Gasteiger partial charge on any atom is -0.488 e. The van der Waals surface area contributed by atoms with Crippen LogP contribution >= 0.6 is 27.7 Å². The summed E-state index contributed by atoms with van der Waals surface area (Å²) < 4.78 is 20.7. The van der Waals surface area contributed by atoms with E-state index in [1.165, 1.54) is 42.1 Å². The summed E-state index contributed by atoms with van der Waals surface area (Å²) >= 11 is 4.80. The van der Waals surface area contributed by atoms with E-state index < -0.39 is 5.91 Å². The molecule has 0 fully saturated rings. The molecule has 2 aromatic rings. The number of thioether (sulfide) groups is 1. The summed E-state index contributed by atoms with van der Waals surface area (Å²) in [6.07, 6.45) is 8.18. The number of rotatable bonds is 10. The molecule has 0 saturated carbocycles. The standard InChI is InChI=1S/C26H26BrFN4O2S/c1-2-3-4-5-6-11-23-31-32-24(29)20(25(33)30-26(32)35-23)15-18-14-19(27)12-13-22(18)34-16-17-9-7-8-10-21(17)28/h7-10,12-15,29H,2-6,11,16H2,1H3. The van der Waals surface area contributed by atoms with Gasteiger partial charge >= 0.3 is 0 Å². The quantitative estimate of drug-likeness (QED) is 0.249. The first-order valence-electron chi connectivity index (χ1n) is 11.6. The first-order valence-corrected chi connectivity index (χ1v) is 13.2. The molecule has 0 saturated heterocycles. The summed E-state index contributed by atoms with van der Waals surface area (Å²) in [4.78, 5) is 17.0. The zero-order chi connectivity index (χ0) is 24.8. The number of carbonyl (C=O) groups is 1. The van der Waals surface area contributed by atoms with Crippen molar-refractivity contribution in [1.29, 1.82) is 5.41 Å². The van der Waals surface area contributed by atoms with E-state index in [2.05, 4.69) is 32.9 Å². The van der Waals surface area contributed by atoms with Gasteiger partial charge < -0.3 is 4.74 Å². The Morgan fingerprint density at radius 1 is 1.17 bits per heavy atom. The van der Waals surface area contributed by atoms with E-state index in [0.29, 0.717) is 22.0 Å². The average Bonchev–Trinajstić information content (AvgIpc) is 3.25. The molecule has 0 bridgehead atoms. The molecule has 2 aromatic carbocycles. The molecule has 2 aliphatic heterocycles. The molecule has 35 heavy (non-hydrogen) atoms. The van der Waals surface area contributed by atoms with Crippen molar-refractivity contribution in [3.63, 3.8) is 0 Å². The number of unbranched alkanes of at least 4 members (excludes halogenated alkanes) is 4. The predicted molar refractivity (Wildman–Crippen MR) is 143 cm³/mol. The Balaban J connectivity index is 1.52. The molecule has 2 heterocycles. The fourth-order valence-corrected chi connectivity index (χ4v) is 5.01. The molecule has 0 atom stereocenters. The maximum Gasteiger partial charge on any atom is 0.283 e. The number of halogens is 2. The number of hydrogen-bond acceptors (Lipinski definition) is 5. The predicted octanol–water partition coefficient (Wildman–Crippen LogP) is 7.15. The van der Waals surface area contributed by atoms with Crippen molar-refractivity contribution in [2.45, 2.75) is 52.1 Å². The van der Waals surface area contributed by atoms with E-state index in [4.69, 9.17) is 10.1 Å². The van der Waals surface area contributed by atoms with Gasteiger partial charge in [-0.25, -0.2) is 4.39 Å². The SMILES string of the molecule is CCCCCCCC1=NN2C(=N)C(=Cc3cc(Br)ccc3OCc3ccccc3F)C(=O)N=C2S1. The molecule has 0 radical (unpaired) electrons. The Labute approximate surface area is 217 Å². The zero-order valence-corrected chi connectivity index (χ0v) is 21.8. The van der Waals surface area contributed by atoms with E-state index in [1.807, 2.05) is 0 Å². The Bertz CT molecular complexity index is 1230. The molecular weight excluding hydrogens is 531 g/mol. The zero-order valence-electron chi connectivity index (χ0n) is 19.4. The van der Waals surface area contributed by atoms with Crippen LogP contribution in [0.2, 0.25) is 0 Å². The molecule has 0 unspecified atom stereocenters. The molecule has 6 nitrogen and oxygen atoms in total. The normalized spacial score (nSPS) is 16.4. The monoisotopic (exact) mass is 556 g/mol. The second kappa shape index (κ2) is 11.8. The Hall–Kier alpha value is -2.78. The van der Waals surface area contributed by atoms with Gasteiger partial charge in [0, 0.05) is 15.6 Å². The van der Waals surface area contributed by atoms with Crippen molar-refractivity contribution in [1.82, 2.24) is 5.01 Å². The number of benzene rings is 2. The topological polar surface area (TPSA) is 78.1 Å². The number of fused-ring (bicyclic) bond motifs is 1. The molecule has 9 heteroatoms. The minimum atomic E-state index is -0.492. The number of hydrazone groups is 1. The van der Waals surface area contributed by atoms with Crippen LogP contribution in [0.4, 0.5) is 4.39 Å². The van der Waals surface area contributed by atoms with Crippen LogP contribution in [0.3, 0.4) is 0 Å². The molecule has 0 aromatic heterocycles. The van der Waals surface area contributed by atoms with Gasteiger partial charge in [-0.15, -0.1) is 0 Å². The van der Waals surface area contributed by atoms with Crippen molar-refractivity contribution in [2.75, 3.05) is 0 Å². The highest BCUT2D eigenvalue weighted by Gasteiger charge is 2.35. The van der Waals surface area contributed by atoms with Crippen molar-refractivity contribution < 1.29 is 13.9 Å². The number of aliphatic imine (C=N–C) groups is 1. The van der Waals surface area contributed by atoms with Crippen LogP contribution in [0.5, 0.6) is 5.75 Å². The Morgan fingerprint density at radius 2 is 1.97 bits per heavy atom. The summed E-state index contributed by atoms with van der Waals surface area (Å²) in [5.41, 5.74) is 1.13. The maximum absolute atomic E-state index is 14.0. The molecular formula is C26H26BrFN4O2S. The second-order valence-corrected chi connectivity index (χ2v) is 10.2. The number of nitrogens with one attached hydrogen (secondary N) is 1. The van der Waals surface area contributed by atoms with Crippen LogP contribution in [0.1, 0.15) is 56.6 Å². The highest BCUT2D eigenvalue weighted by atomic mass is 79.9. The van der Waals surface area contributed by atoms with E-state index >= 15 is 0 Å². The third kappa shape index (κ3) is 6.27. The van der Waals surface area contributed by atoms with Crippen LogP contribution in [0.25, 0.3) is 6.08 Å². The smallest absolute Gasteiger partial charge is 0.283 e. The van der Waals surface area contributed by atoms with Crippen LogP contribution in [0, 0.1) is 11.2 Å². The van der Waals surface area contributed by atoms with Crippen LogP contribution in [-0.2, 0) is 11.4 Å². The lowest BCUT2D eigenvalue weighted by Crippen LogP contribution is -2.35. The third-order valence-corrected chi connectivity index (χ3v) is 7.06. The van der Waals surface area contributed by atoms with Gasteiger partial charge in [0.2, 0.25) is 5.17 Å². The molecule has 1 N–H and O–H groups in total. The van der Waals surface area contributed by atoms with E-state index in [9.17, 15) is 9.18 Å². The van der Waals surface area contributed by atoms with Crippen LogP contribution in [-0.4, -0.2) is 27.0 Å². The minimum absolute atomic E-state index is 0.0199. The van der Waals surface area contributed by atoms with Crippen LogP contribution < -0.4 is 4.74 Å². The molecule has 0 spiro atoms. The number of amides is 1. The Morgan fingerprint density at radius 3 is 2.77 bits per heavy atom. The molecule has 2 aliphatic rings. The lowest BCUT2D eigenvalue weighted by molar-refractivity contribution is -0.114. The van der Waals surface area contributed by atoms with E-state index in [1.54, 1.807) is 42.5 Å². The molecule has 0 aliphatic carbocycles. The molecule has 1 amide bonds. The van der Waals surface area contributed by atoms with Crippen molar-refractivity contribution in [3.05, 3.63) is 69.5 Å². The summed E-state index contributed by atoms with van der Waals surface area (Å²) in [5, 5.41) is 15.9. The second-order valence-electron chi connectivity index (χ2n) is 8.24. The van der Waals surface area contributed by atoms with Gasteiger partial charge in [0.1, 0.15) is 23.2 Å². The number of amidine groups is 2. The largest absolute Gasteiger partial charge is 0.488 e. The lowest BCUT2D eigenvalue weighted by Gasteiger charge is -2.20. The fraction of sp³-hybridized carbons (Fsp3) is 0.308. The Kier molecular flexibility index (Phi) is 8.51. The molecule has 182 valence electrons. The van der Waals surface area contributed by atoms with Crippen molar-refractivity contribution >= 4 is 55.7 Å². The first kappa shape index (κ1) is 25.3. The van der Waals surface area contributed by atoms with Gasteiger partial charge in [-0.3, -0.25) is 10.2 Å². The lowest BCUT2D eigenvalue weighted by atomic mass is 10.1. The molecule has 4 rings (SSSR count). The third-order valence-electron chi connectivity index (χ3n) is 5.60. The number of ether oxygens (including phenoxy) is 1. The van der Waals surface area contributed by atoms with Gasteiger partial charge in [0.25, 0.3) is 5.91 Å². The maximum atomic E-state index is 14.0. The van der Waals surface area contributed by atoms with Gasteiger partial charge in [-0.1, -0.05) is 66.7 Å². The fourth-order valence-electron chi connectivity index (χ4n) is 3.70. The first-order chi connectivity index (χ1) is 17.0. The van der Waals surface area contributed by atoms with E-state index in [0.717, 1.165) is 28.8 Å². The van der Waals surface area contributed by atoms with Crippen LogP contribution in [0.15, 0.2) is 62.6 Å². The highest BCUT2D eigenvalue weighted by molar-refractivity contribution is 9.10. The van der Waals surface area contributed by atoms with Gasteiger partial charge in [-0.05, 0) is 54.9 Å². The number of nitrogens with zero attached hydrogens (tertiary/aromatic N) is 3.